The number of methoxy groups -OCH3 is 1. The molecule has 1 aromatic carbocycles. The standard InChI is InChI=1S/C15H16N2O6/c1-22-13-8(7-23-21)2-3-9-10(13)6-17(15(9)20)11-4-5-12(18)16-14(11)19/h2-3,11,21H,4-7H2,1H3,(H,16,18,19). The summed E-state index contributed by atoms with van der Waals surface area (Å²) in [5.41, 5.74) is 1.71. The molecule has 122 valence electrons. The van der Waals surface area contributed by atoms with Crippen molar-refractivity contribution in [2.24, 2.45) is 0 Å². The van der Waals surface area contributed by atoms with Crippen molar-refractivity contribution in [3.05, 3.63) is 28.8 Å². The second-order valence-corrected chi connectivity index (χ2v) is 5.46. The Balaban J connectivity index is 1.92. The lowest BCUT2D eigenvalue weighted by Gasteiger charge is -2.29. The normalized spacial score (nSPS) is 20.5. The maximum absolute atomic E-state index is 12.6. The van der Waals surface area contributed by atoms with Gasteiger partial charge in [0, 0.05) is 23.1 Å². The topological polar surface area (TPSA) is 105 Å². The van der Waals surface area contributed by atoms with Crippen molar-refractivity contribution < 1.29 is 29.3 Å². The Hall–Kier alpha value is -2.45. The van der Waals surface area contributed by atoms with E-state index in [0.717, 1.165) is 0 Å². The van der Waals surface area contributed by atoms with Gasteiger partial charge in [-0.15, -0.1) is 0 Å². The van der Waals surface area contributed by atoms with Crippen molar-refractivity contribution in [2.75, 3.05) is 7.11 Å². The highest BCUT2D eigenvalue weighted by atomic mass is 17.1. The predicted octanol–water partition coefficient (Wildman–Crippen LogP) is 0.446. The number of fused-ring (bicyclic) bond motifs is 1. The Morgan fingerprint density at radius 1 is 1.35 bits per heavy atom. The quantitative estimate of drug-likeness (QED) is 0.474. The van der Waals surface area contributed by atoms with Crippen LogP contribution < -0.4 is 10.1 Å². The molecule has 0 saturated carbocycles. The van der Waals surface area contributed by atoms with Crippen LogP contribution in [0.3, 0.4) is 0 Å². The summed E-state index contributed by atoms with van der Waals surface area (Å²) in [6.07, 6.45) is 0.511. The highest BCUT2D eigenvalue weighted by Gasteiger charge is 2.40. The zero-order valence-electron chi connectivity index (χ0n) is 12.5. The molecule has 2 aliphatic heterocycles. The Morgan fingerprint density at radius 2 is 2.13 bits per heavy atom. The highest BCUT2D eigenvalue weighted by Crippen LogP contribution is 2.36. The van der Waals surface area contributed by atoms with Crippen molar-refractivity contribution in [3.63, 3.8) is 0 Å². The summed E-state index contributed by atoms with van der Waals surface area (Å²) < 4.78 is 5.34. The summed E-state index contributed by atoms with van der Waals surface area (Å²) in [5, 5.41) is 10.9. The highest BCUT2D eigenvalue weighted by molar-refractivity contribution is 6.05. The Bertz CT molecular complexity index is 687. The third-order valence-electron chi connectivity index (χ3n) is 4.17. The fourth-order valence-corrected chi connectivity index (χ4v) is 3.10. The minimum absolute atomic E-state index is 0.0664. The fraction of sp³-hybridized carbons (Fsp3) is 0.400. The van der Waals surface area contributed by atoms with Gasteiger partial charge >= 0.3 is 0 Å². The third-order valence-corrected chi connectivity index (χ3v) is 4.17. The fourth-order valence-electron chi connectivity index (χ4n) is 3.10. The molecule has 0 aliphatic carbocycles. The van der Waals surface area contributed by atoms with Crippen LogP contribution in [0.5, 0.6) is 5.75 Å². The first-order valence-electron chi connectivity index (χ1n) is 7.16. The van der Waals surface area contributed by atoms with Gasteiger partial charge in [0.05, 0.1) is 13.7 Å². The lowest BCUT2D eigenvalue weighted by molar-refractivity contribution is -0.253. The molecule has 23 heavy (non-hydrogen) atoms. The third kappa shape index (κ3) is 2.55. The Kier molecular flexibility index (Phi) is 4.01. The Labute approximate surface area is 131 Å². The number of carbonyl (C=O) groups is 3. The maximum Gasteiger partial charge on any atom is 0.255 e. The molecule has 0 spiro atoms. The minimum Gasteiger partial charge on any atom is -0.496 e. The van der Waals surface area contributed by atoms with E-state index in [-0.39, 0.29) is 31.4 Å². The van der Waals surface area contributed by atoms with Crippen molar-refractivity contribution in [3.8, 4) is 5.75 Å². The second kappa shape index (κ2) is 5.98. The molecule has 1 aromatic rings. The number of amides is 3. The van der Waals surface area contributed by atoms with Gasteiger partial charge in [0.25, 0.3) is 5.91 Å². The average molecular weight is 320 g/mol. The summed E-state index contributed by atoms with van der Waals surface area (Å²) in [4.78, 5) is 41.4. The molecule has 1 unspecified atom stereocenters. The number of hydrogen-bond acceptors (Lipinski definition) is 6. The molecule has 2 N–H and O–H groups in total. The predicted molar refractivity (Wildman–Crippen MR) is 76.5 cm³/mol. The van der Waals surface area contributed by atoms with Crippen LogP contribution in [0.15, 0.2) is 12.1 Å². The van der Waals surface area contributed by atoms with E-state index in [2.05, 4.69) is 10.2 Å². The number of ether oxygens (including phenoxy) is 1. The summed E-state index contributed by atoms with van der Waals surface area (Å²) >= 11 is 0. The first-order valence-corrected chi connectivity index (χ1v) is 7.16. The molecule has 1 atom stereocenters. The van der Waals surface area contributed by atoms with Crippen molar-refractivity contribution in [2.45, 2.75) is 32.0 Å². The molecule has 0 radical (unpaired) electrons. The van der Waals surface area contributed by atoms with E-state index < -0.39 is 11.9 Å². The van der Waals surface area contributed by atoms with Crippen LogP contribution >= 0.6 is 0 Å². The van der Waals surface area contributed by atoms with E-state index in [0.29, 0.717) is 28.9 Å². The number of benzene rings is 1. The van der Waals surface area contributed by atoms with Crippen molar-refractivity contribution in [1.29, 1.82) is 0 Å². The van der Waals surface area contributed by atoms with E-state index in [1.165, 1.54) is 12.0 Å². The van der Waals surface area contributed by atoms with Gasteiger partial charge < -0.3 is 9.64 Å². The molecule has 2 heterocycles. The van der Waals surface area contributed by atoms with Crippen LogP contribution in [0, 0.1) is 0 Å². The van der Waals surface area contributed by atoms with Crippen LogP contribution in [-0.2, 0) is 27.6 Å². The van der Waals surface area contributed by atoms with Crippen LogP contribution in [-0.4, -0.2) is 41.0 Å². The molecule has 8 heteroatoms. The number of imide groups is 1. The van der Waals surface area contributed by atoms with E-state index in [1.54, 1.807) is 12.1 Å². The van der Waals surface area contributed by atoms with Gasteiger partial charge in [-0.1, -0.05) is 6.07 Å². The van der Waals surface area contributed by atoms with Crippen LogP contribution in [0.1, 0.15) is 34.3 Å². The average Bonchev–Trinajstić information content (AvgIpc) is 2.85. The number of piperidine rings is 1. The lowest BCUT2D eigenvalue weighted by atomic mass is 10.0. The van der Waals surface area contributed by atoms with Gasteiger partial charge in [-0.25, -0.2) is 4.89 Å². The molecule has 8 nitrogen and oxygen atoms in total. The van der Waals surface area contributed by atoms with Crippen molar-refractivity contribution in [1.82, 2.24) is 10.2 Å². The summed E-state index contributed by atoms with van der Waals surface area (Å²) in [7, 11) is 1.47. The van der Waals surface area contributed by atoms with E-state index in [4.69, 9.17) is 9.99 Å². The molecule has 2 aliphatic rings. The number of carbonyl (C=O) groups excluding carboxylic acids is 3. The first-order chi connectivity index (χ1) is 11.1. The SMILES string of the molecule is COc1c(COO)ccc2c1CN(C1CCC(=O)NC1=O)C2=O. The van der Waals surface area contributed by atoms with Crippen LogP contribution in [0.25, 0.3) is 0 Å². The van der Waals surface area contributed by atoms with Crippen molar-refractivity contribution >= 4 is 17.7 Å². The first kappa shape index (κ1) is 15.4. The lowest BCUT2D eigenvalue weighted by Crippen LogP contribution is -2.52. The summed E-state index contributed by atoms with van der Waals surface area (Å²) in [6.45, 7) is 0.145. The number of nitrogens with zero attached hydrogens (tertiary/aromatic N) is 1. The molecular weight excluding hydrogens is 304 g/mol. The molecule has 3 rings (SSSR count). The molecular formula is C15H16N2O6. The molecule has 0 aromatic heterocycles. The maximum atomic E-state index is 12.6. The largest absolute Gasteiger partial charge is 0.496 e. The Morgan fingerprint density at radius 3 is 2.78 bits per heavy atom. The van der Waals surface area contributed by atoms with Gasteiger partial charge in [0.1, 0.15) is 18.4 Å². The summed E-state index contributed by atoms with van der Waals surface area (Å²) in [5.74, 6) is -0.598. The zero-order chi connectivity index (χ0) is 16.6. The van der Waals surface area contributed by atoms with Gasteiger partial charge in [-0.3, -0.25) is 25.0 Å². The number of hydrogen-bond donors (Lipinski definition) is 2. The monoisotopic (exact) mass is 320 g/mol. The zero-order valence-corrected chi connectivity index (χ0v) is 12.5. The molecule has 1 saturated heterocycles. The minimum atomic E-state index is -0.671. The molecule has 0 bridgehead atoms. The molecule has 1 fully saturated rings. The smallest absolute Gasteiger partial charge is 0.255 e. The summed E-state index contributed by atoms with van der Waals surface area (Å²) in [6, 6.07) is 2.59. The number of rotatable bonds is 4. The van der Waals surface area contributed by atoms with Gasteiger partial charge in [0.2, 0.25) is 11.8 Å². The number of nitrogens with one attached hydrogen (secondary N) is 1. The second-order valence-electron chi connectivity index (χ2n) is 5.46. The van der Waals surface area contributed by atoms with Crippen LogP contribution in [0.4, 0.5) is 0 Å². The van der Waals surface area contributed by atoms with Gasteiger partial charge in [0.15, 0.2) is 0 Å². The van der Waals surface area contributed by atoms with Crippen LogP contribution in [0.2, 0.25) is 0 Å². The molecule has 3 amide bonds. The van der Waals surface area contributed by atoms with Gasteiger partial charge in [-0.2, -0.15) is 0 Å². The van der Waals surface area contributed by atoms with Gasteiger partial charge in [-0.05, 0) is 12.5 Å². The van der Waals surface area contributed by atoms with E-state index in [1.807, 2.05) is 0 Å². The van der Waals surface area contributed by atoms with E-state index >= 15 is 0 Å². The van der Waals surface area contributed by atoms with E-state index in [9.17, 15) is 14.4 Å².